The molecule has 7 nitrogen and oxygen atoms in total. The number of para-hydroxylation sites is 1. The SMILES string of the molecule is COCC[NH2+][C@@H](CC(=O)Nc1ccc(Nc2ccccc2)cc1)C(=O)[O-]. The van der Waals surface area contributed by atoms with E-state index in [0.717, 1.165) is 11.4 Å². The van der Waals surface area contributed by atoms with Crippen molar-refractivity contribution in [2.75, 3.05) is 30.9 Å². The Balaban J connectivity index is 1.87. The van der Waals surface area contributed by atoms with Gasteiger partial charge in [-0.2, -0.15) is 0 Å². The second kappa shape index (κ2) is 10.2. The van der Waals surface area contributed by atoms with Crippen LogP contribution in [0.3, 0.4) is 0 Å². The third-order valence-electron chi connectivity index (χ3n) is 3.71. The molecule has 26 heavy (non-hydrogen) atoms. The highest BCUT2D eigenvalue weighted by atomic mass is 16.5. The van der Waals surface area contributed by atoms with Crippen LogP contribution < -0.4 is 21.1 Å². The predicted octanol–water partition coefficient (Wildman–Crippen LogP) is 0.0871. The lowest BCUT2D eigenvalue weighted by molar-refractivity contribution is -0.683. The Labute approximate surface area is 152 Å². The highest BCUT2D eigenvalue weighted by Gasteiger charge is 2.18. The quantitative estimate of drug-likeness (QED) is 0.522. The van der Waals surface area contributed by atoms with Crippen LogP contribution in [0.1, 0.15) is 6.42 Å². The minimum atomic E-state index is -1.27. The number of hydrogen-bond donors (Lipinski definition) is 3. The van der Waals surface area contributed by atoms with E-state index < -0.39 is 12.0 Å². The maximum Gasteiger partial charge on any atom is 0.230 e. The monoisotopic (exact) mass is 357 g/mol. The topological polar surface area (TPSA) is 107 Å². The number of ether oxygens (including phenoxy) is 1. The van der Waals surface area contributed by atoms with Crippen LogP contribution in [0.15, 0.2) is 54.6 Å². The van der Waals surface area contributed by atoms with Crippen LogP contribution in [0.2, 0.25) is 0 Å². The predicted molar refractivity (Wildman–Crippen MR) is 96.9 cm³/mol. The van der Waals surface area contributed by atoms with E-state index in [1.54, 1.807) is 12.1 Å². The van der Waals surface area contributed by atoms with E-state index in [1.807, 2.05) is 42.5 Å². The van der Waals surface area contributed by atoms with Gasteiger partial charge in [0.05, 0.1) is 25.5 Å². The number of benzene rings is 2. The summed E-state index contributed by atoms with van der Waals surface area (Å²) in [6.45, 7) is 0.851. The first kappa shape index (κ1) is 19.4. The van der Waals surface area contributed by atoms with Crippen molar-refractivity contribution in [1.29, 1.82) is 0 Å². The van der Waals surface area contributed by atoms with Crippen molar-refractivity contribution in [3.8, 4) is 0 Å². The van der Waals surface area contributed by atoms with Gasteiger partial charge in [-0.15, -0.1) is 0 Å². The molecular formula is C19H23N3O4. The molecule has 2 aromatic rings. The van der Waals surface area contributed by atoms with Gasteiger partial charge >= 0.3 is 0 Å². The first-order valence-corrected chi connectivity index (χ1v) is 8.33. The number of quaternary nitrogens is 1. The summed E-state index contributed by atoms with van der Waals surface area (Å²) >= 11 is 0. The third kappa shape index (κ3) is 6.54. The Bertz CT molecular complexity index is 704. The van der Waals surface area contributed by atoms with Gasteiger partial charge in [0, 0.05) is 24.2 Å². The number of carbonyl (C=O) groups is 2. The van der Waals surface area contributed by atoms with E-state index in [2.05, 4.69) is 10.6 Å². The second-order valence-corrected chi connectivity index (χ2v) is 5.76. The molecule has 7 heteroatoms. The van der Waals surface area contributed by atoms with Crippen molar-refractivity contribution in [3.05, 3.63) is 54.6 Å². The summed E-state index contributed by atoms with van der Waals surface area (Å²) in [5, 5.41) is 18.6. The first-order valence-electron chi connectivity index (χ1n) is 8.33. The summed E-state index contributed by atoms with van der Waals surface area (Å²) < 4.78 is 4.88. The molecule has 0 unspecified atom stereocenters. The molecule has 2 rings (SSSR count). The second-order valence-electron chi connectivity index (χ2n) is 5.76. The molecule has 2 aromatic carbocycles. The molecule has 0 fully saturated rings. The van der Waals surface area contributed by atoms with Gasteiger partial charge < -0.3 is 30.6 Å². The Morgan fingerprint density at radius 2 is 1.65 bits per heavy atom. The number of rotatable bonds is 10. The maximum atomic E-state index is 12.1. The number of nitrogens with two attached hydrogens (primary N) is 1. The highest BCUT2D eigenvalue weighted by molar-refractivity contribution is 5.93. The zero-order valence-electron chi connectivity index (χ0n) is 14.6. The molecule has 0 heterocycles. The van der Waals surface area contributed by atoms with Gasteiger partial charge in [-0.05, 0) is 36.4 Å². The number of nitrogens with one attached hydrogen (secondary N) is 2. The van der Waals surface area contributed by atoms with Gasteiger partial charge in [-0.25, -0.2) is 0 Å². The molecule has 0 bridgehead atoms. The molecular weight excluding hydrogens is 334 g/mol. The summed E-state index contributed by atoms with van der Waals surface area (Å²) in [6.07, 6.45) is -0.171. The lowest BCUT2D eigenvalue weighted by Gasteiger charge is -2.16. The zero-order valence-corrected chi connectivity index (χ0v) is 14.6. The van der Waals surface area contributed by atoms with E-state index in [1.165, 1.54) is 12.4 Å². The average molecular weight is 357 g/mol. The van der Waals surface area contributed by atoms with Crippen LogP contribution >= 0.6 is 0 Å². The summed E-state index contributed by atoms with van der Waals surface area (Å²) in [7, 11) is 1.53. The number of aliphatic carboxylic acids is 1. The number of carbonyl (C=O) groups excluding carboxylic acids is 2. The molecule has 0 aliphatic carbocycles. The van der Waals surface area contributed by atoms with Gasteiger partial charge in [0.25, 0.3) is 0 Å². The largest absolute Gasteiger partial charge is 0.544 e. The molecule has 138 valence electrons. The molecule has 0 saturated heterocycles. The smallest absolute Gasteiger partial charge is 0.230 e. The van der Waals surface area contributed by atoms with Crippen molar-refractivity contribution in [2.45, 2.75) is 12.5 Å². The molecule has 1 atom stereocenters. The molecule has 0 radical (unpaired) electrons. The zero-order chi connectivity index (χ0) is 18.8. The summed E-state index contributed by atoms with van der Waals surface area (Å²) in [5.74, 6) is -1.64. The van der Waals surface area contributed by atoms with Crippen molar-refractivity contribution >= 4 is 28.9 Å². The fourth-order valence-electron chi connectivity index (χ4n) is 2.39. The summed E-state index contributed by atoms with van der Waals surface area (Å²) in [6, 6.07) is 16.0. The Kier molecular flexibility index (Phi) is 7.60. The van der Waals surface area contributed by atoms with Gasteiger partial charge in [-0.1, -0.05) is 18.2 Å². The van der Waals surface area contributed by atoms with Crippen LogP contribution in [0.25, 0.3) is 0 Å². The van der Waals surface area contributed by atoms with Crippen LogP contribution in [-0.2, 0) is 14.3 Å². The number of carboxylic acid groups (broad SMARTS) is 1. The van der Waals surface area contributed by atoms with Crippen LogP contribution in [0, 0.1) is 0 Å². The van der Waals surface area contributed by atoms with Crippen LogP contribution in [0.5, 0.6) is 0 Å². The molecule has 0 aromatic heterocycles. The standard InChI is InChI=1S/C19H23N3O4/c1-26-12-11-20-17(19(24)25)13-18(23)22-16-9-7-15(8-10-16)21-14-5-3-2-4-6-14/h2-10,17,20-21H,11-13H2,1H3,(H,22,23)(H,24,25)/t17-/m0/s1. The van der Waals surface area contributed by atoms with Gasteiger partial charge in [0.15, 0.2) is 0 Å². The lowest BCUT2D eigenvalue weighted by Crippen LogP contribution is -2.94. The Hall–Kier alpha value is -2.90. The highest BCUT2D eigenvalue weighted by Crippen LogP contribution is 2.18. The normalized spacial score (nSPS) is 11.6. The summed E-state index contributed by atoms with van der Waals surface area (Å²) in [5.41, 5.74) is 2.45. The van der Waals surface area contributed by atoms with E-state index in [9.17, 15) is 14.7 Å². The number of carboxylic acids is 1. The Morgan fingerprint density at radius 3 is 2.27 bits per heavy atom. The molecule has 4 N–H and O–H groups in total. The van der Waals surface area contributed by atoms with Gasteiger partial charge in [0.1, 0.15) is 6.04 Å². The van der Waals surface area contributed by atoms with E-state index in [-0.39, 0.29) is 12.3 Å². The van der Waals surface area contributed by atoms with E-state index in [4.69, 9.17) is 4.74 Å². The fourth-order valence-corrected chi connectivity index (χ4v) is 2.39. The molecule has 0 saturated carbocycles. The molecule has 0 aliphatic rings. The number of amides is 1. The van der Waals surface area contributed by atoms with Crippen molar-refractivity contribution < 1.29 is 24.7 Å². The summed E-state index contributed by atoms with van der Waals surface area (Å²) in [4.78, 5) is 23.2. The minimum absolute atomic E-state index is 0.171. The molecule has 0 aliphatic heterocycles. The molecule has 1 amide bonds. The van der Waals surface area contributed by atoms with Gasteiger partial charge in [-0.3, -0.25) is 4.79 Å². The van der Waals surface area contributed by atoms with Crippen LogP contribution in [0.4, 0.5) is 17.1 Å². The number of methoxy groups -OCH3 is 1. The van der Waals surface area contributed by atoms with E-state index in [0.29, 0.717) is 18.8 Å². The Morgan fingerprint density at radius 1 is 1.04 bits per heavy atom. The minimum Gasteiger partial charge on any atom is -0.544 e. The number of hydrogen-bond acceptors (Lipinski definition) is 5. The fraction of sp³-hybridized carbons (Fsp3) is 0.263. The van der Waals surface area contributed by atoms with E-state index >= 15 is 0 Å². The third-order valence-corrected chi connectivity index (χ3v) is 3.71. The van der Waals surface area contributed by atoms with Crippen molar-refractivity contribution in [3.63, 3.8) is 0 Å². The van der Waals surface area contributed by atoms with Gasteiger partial charge in [0.2, 0.25) is 5.91 Å². The maximum absolute atomic E-state index is 12.1. The molecule has 0 spiro atoms. The lowest BCUT2D eigenvalue weighted by atomic mass is 10.2. The van der Waals surface area contributed by atoms with Crippen molar-refractivity contribution in [2.24, 2.45) is 0 Å². The number of anilines is 3. The first-order chi connectivity index (χ1) is 12.6. The average Bonchev–Trinajstić information content (AvgIpc) is 2.63. The van der Waals surface area contributed by atoms with Crippen LogP contribution in [-0.4, -0.2) is 38.2 Å². The van der Waals surface area contributed by atoms with Crippen molar-refractivity contribution in [1.82, 2.24) is 0 Å².